The Morgan fingerprint density at radius 1 is 0.964 bits per heavy atom. The second-order valence-corrected chi connectivity index (χ2v) is 8.77. The summed E-state index contributed by atoms with van der Waals surface area (Å²) in [6.07, 6.45) is 4.27. The summed E-state index contributed by atoms with van der Waals surface area (Å²) in [4.78, 5) is 14.9. The van der Waals surface area contributed by atoms with Gasteiger partial charge in [-0.1, -0.05) is 43.2 Å². The minimum Gasteiger partial charge on any atom is -0.341 e. The molecule has 0 aromatic heterocycles. The summed E-state index contributed by atoms with van der Waals surface area (Å²) in [5.41, 5.74) is 0.873. The highest BCUT2D eigenvalue weighted by Gasteiger charge is 2.29. The van der Waals surface area contributed by atoms with Crippen LogP contribution in [0.15, 0.2) is 59.5 Å². The number of benzene rings is 2. The number of carbonyl (C=O) groups is 1. The molecule has 1 saturated heterocycles. The third-order valence-electron chi connectivity index (χ3n) is 4.92. The molecule has 1 N–H and O–H groups in total. The van der Waals surface area contributed by atoms with Gasteiger partial charge in [-0.15, -0.1) is 0 Å². The SMILES string of the molecule is O=C([C@@H](Cc1ccccc1)NS(=O)(=O)c1ccc(F)cc1)N1CCCCCC1. The molecule has 0 saturated carbocycles. The minimum atomic E-state index is -3.95. The van der Waals surface area contributed by atoms with Crippen LogP contribution >= 0.6 is 0 Å². The zero-order valence-corrected chi connectivity index (χ0v) is 16.5. The lowest BCUT2D eigenvalue weighted by Crippen LogP contribution is -2.49. The number of rotatable bonds is 6. The van der Waals surface area contributed by atoms with Gasteiger partial charge in [0.1, 0.15) is 11.9 Å². The Kier molecular flexibility index (Phi) is 6.80. The smallest absolute Gasteiger partial charge is 0.241 e. The maximum atomic E-state index is 13.2. The van der Waals surface area contributed by atoms with Gasteiger partial charge >= 0.3 is 0 Å². The summed E-state index contributed by atoms with van der Waals surface area (Å²) < 4.78 is 41.3. The Hall–Kier alpha value is -2.25. The molecule has 5 nitrogen and oxygen atoms in total. The number of sulfonamides is 1. The van der Waals surface area contributed by atoms with E-state index < -0.39 is 21.9 Å². The van der Waals surface area contributed by atoms with Gasteiger partial charge in [0.2, 0.25) is 15.9 Å². The fourth-order valence-electron chi connectivity index (χ4n) is 3.41. The molecule has 7 heteroatoms. The van der Waals surface area contributed by atoms with Crippen molar-refractivity contribution in [1.29, 1.82) is 0 Å². The van der Waals surface area contributed by atoms with E-state index in [1.807, 2.05) is 30.3 Å². The summed E-state index contributed by atoms with van der Waals surface area (Å²) in [5, 5.41) is 0. The first kappa shape index (κ1) is 20.5. The Morgan fingerprint density at radius 3 is 2.18 bits per heavy atom. The number of carbonyl (C=O) groups excluding carboxylic acids is 1. The lowest BCUT2D eigenvalue weighted by Gasteiger charge is -2.27. The summed E-state index contributed by atoms with van der Waals surface area (Å²) in [6.45, 7) is 1.28. The van der Waals surface area contributed by atoms with Crippen LogP contribution in [0.25, 0.3) is 0 Å². The molecule has 1 aliphatic heterocycles. The summed E-state index contributed by atoms with van der Waals surface area (Å²) in [7, 11) is -3.95. The number of amides is 1. The van der Waals surface area contributed by atoms with Crippen LogP contribution in [-0.2, 0) is 21.2 Å². The van der Waals surface area contributed by atoms with Crippen molar-refractivity contribution >= 4 is 15.9 Å². The third kappa shape index (κ3) is 5.39. The van der Waals surface area contributed by atoms with Crippen LogP contribution in [0.2, 0.25) is 0 Å². The van der Waals surface area contributed by atoms with Crippen molar-refractivity contribution in [2.24, 2.45) is 0 Å². The van der Waals surface area contributed by atoms with E-state index in [0.717, 1.165) is 43.4 Å². The summed E-state index contributed by atoms with van der Waals surface area (Å²) >= 11 is 0. The molecule has 150 valence electrons. The summed E-state index contributed by atoms with van der Waals surface area (Å²) in [6, 6.07) is 13.0. The van der Waals surface area contributed by atoms with Crippen molar-refractivity contribution in [3.05, 3.63) is 66.0 Å². The highest BCUT2D eigenvalue weighted by molar-refractivity contribution is 7.89. The second kappa shape index (κ2) is 9.30. The number of hydrogen-bond acceptors (Lipinski definition) is 3. The molecular weight excluding hydrogens is 379 g/mol. The highest BCUT2D eigenvalue weighted by Crippen LogP contribution is 2.16. The van der Waals surface area contributed by atoms with Gasteiger partial charge in [0, 0.05) is 13.1 Å². The standard InChI is InChI=1S/C21H25FN2O3S/c22-18-10-12-19(13-11-18)28(26,27)23-20(16-17-8-4-3-5-9-17)21(25)24-14-6-1-2-7-15-24/h3-5,8-13,20,23H,1-2,6-7,14-16H2/t20-/m1/s1. The van der Waals surface area contributed by atoms with Crippen molar-refractivity contribution in [2.75, 3.05) is 13.1 Å². The van der Waals surface area contributed by atoms with Crippen LogP contribution in [0, 0.1) is 5.82 Å². The fourth-order valence-corrected chi connectivity index (χ4v) is 4.60. The van der Waals surface area contributed by atoms with Gasteiger partial charge in [-0.25, -0.2) is 12.8 Å². The lowest BCUT2D eigenvalue weighted by molar-refractivity contribution is -0.132. The first-order valence-electron chi connectivity index (χ1n) is 9.56. The molecule has 28 heavy (non-hydrogen) atoms. The monoisotopic (exact) mass is 404 g/mol. The largest absolute Gasteiger partial charge is 0.341 e. The van der Waals surface area contributed by atoms with E-state index in [-0.39, 0.29) is 17.2 Å². The van der Waals surface area contributed by atoms with Crippen molar-refractivity contribution in [3.8, 4) is 0 Å². The van der Waals surface area contributed by atoms with E-state index in [1.165, 1.54) is 12.1 Å². The van der Waals surface area contributed by atoms with Crippen LogP contribution in [0.4, 0.5) is 4.39 Å². The predicted octanol–water partition coefficient (Wildman–Crippen LogP) is 3.12. The predicted molar refractivity (Wildman–Crippen MR) is 106 cm³/mol. The quantitative estimate of drug-likeness (QED) is 0.805. The molecule has 3 rings (SSSR count). The molecule has 2 aromatic rings. The molecule has 0 aliphatic carbocycles. The summed E-state index contributed by atoms with van der Waals surface area (Å²) in [5.74, 6) is -0.725. The Balaban J connectivity index is 1.84. The minimum absolute atomic E-state index is 0.0596. The number of halogens is 1. The molecule has 0 unspecified atom stereocenters. The van der Waals surface area contributed by atoms with Crippen LogP contribution < -0.4 is 4.72 Å². The average Bonchev–Trinajstić information content (AvgIpc) is 2.97. The van der Waals surface area contributed by atoms with Crippen molar-refractivity contribution < 1.29 is 17.6 Å². The molecule has 1 fully saturated rings. The van der Waals surface area contributed by atoms with E-state index in [9.17, 15) is 17.6 Å². The molecule has 1 amide bonds. The van der Waals surface area contributed by atoms with E-state index in [0.29, 0.717) is 13.1 Å². The molecule has 1 heterocycles. The maximum Gasteiger partial charge on any atom is 0.241 e. The van der Waals surface area contributed by atoms with Crippen molar-refractivity contribution in [1.82, 2.24) is 9.62 Å². The Bertz CT molecular complexity index is 878. The molecule has 0 spiro atoms. The van der Waals surface area contributed by atoms with Gasteiger partial charge in [0.25, 0.3) is 0 Å². The number of nitrogens with one attached hydrogen (secondary N) is 1. The average molecular weight is 405 g/mol. The first-order valence-corrected chi connectivity index (χ1v) is 11.0. The van der Waals surface area contributed by atoms with E-state index in [4.69, 9.17) is 0 Å². The Labute approximate surface area is 165 Å². The number of likely N-dealkylation sites (tertiary alicyclic amines) is 1. The molecule has 0 bridgehead atoms. The maximum absolute atomic E-state index is 13.2. The van der Waals surface area contributed by atoms with Gasteiger partial charge < -0.3 is 4.90 Å². The third-order valence-corrected chi connectivity index (χ3v) is 6.41. The van der Waals surface area contributed by atoms with Crippen molar-refractivity contribution in [3.63, 3.8) is 0 Å². The molecule has 1 aliphatic rings. The number of nitrogens with zero attached hydrogens (tertiary/aromatic N) is 1. The van der Waals surface area contributed by atoms with E-state index in [2.05, 4.69) is 4.72 Å². The lowest BCUT2D eigenvalue weighted by atomic mass is 10.1. The van der Waals surface area contributed by atoms with Crippen LogP contribution in [0.1, 0.15) is 31.2 Å². The second-order valence-electron chi connectivity index (χ2n) is 7.06. The topological polar surface area (TPSA) is 66.5 Å². The van der Waals surface area contributed by atoms with Gasteiger partial charge in [0.05, 0.1) is 4.90 Å². The zero-order chi connectivity index (χ0) is 20.0. The van der Waals surface area contributed by atoms with Crippen LogP contribution in [0.5, 0.6) is 0 Å². The van der Waals surface area contributed by atoms with Crippen LogP contribution in [-0.4, -0.2) is 38.4 Å². The Morgan fingerprint density at radius 2 is 1.57 bits per heavy atom. The normalized spacial score (nSPS) is 16.4. The number of hydrogen-bond donors (Lipinski definition) is 1. The van der Waals surface area contributed by atoms with Crippen LogP contribution in [0.3, 0.4) is 0 Å². The molecule has 0 radical (unpaired) electrons. The van der Waals surface area contributed by atoms with Gasteiger partial charge in [-0.3, -0.25) is 4.79 Å². The molecular formula is C21H25FN2O3S. The van der Waals surface area contributed by atoms with E-state index >= 15 is 0 Å². The molecule has 1 atom stereocenters. The highest BCUT2D eigenvalue weighted by atomic mass is 32.2. The van der Waals surface area contributed by atoms with Crippen molar-refractivity contribution in [2.45, 2.75) is 43.0 Å². The van der Waals surface area contributed by atoms with Gasteiger partial charge in [-0.2, -0.15) is 4.72 Å². The van der Waals surface area contributed by atoms with Gasteiger partial charge in [-0.05, 0) is 49.1 Å². The zero-order valence-electron chi connectivity index (χ0n) is 15.7. The van der Waals surface area contributed by atoms with E-state index in [1.54, 1.807) is 4.90 Å². The molecule has 2 aromatic carbocycles. The first-order chi connectivity index (χ1) is 13.5. The van der Waals surface area contributed by atoms with Gasteiger partial charge in [0.15, 0.2) is 0 Å². The fraction of sp³-hybridized carbons (Fsp3) is 0.381.